The molecule has 0 aliphatic heterocycles. The van der Waals surface area contributed by atoms with Crippen molar-refractivity contribution in [2.24, 2.45) is 0 Å². The molecule has 3 N–H and O–H groups in total. The first-order valence-corrected chi connectivity index (χ1v) is 8.99. The van der Waals surface area contributed by atoms with Gasteiger partial charge in [-0.1, -0.05) is 12.1 Å². The lowest BCUT2D eigenvalue weighted by Crippen LogP contribution is -2.24. The summed E-state index contributed by atoms with van der Waals surface area (Å²) in [5.74, 6) is -12.3. The van der Waals surface area contributed by atoms with Crippen molar-refractivity contribution >= 4 is 17.6 Å². The molecule has 0 bridgehead atoms. The van der Waals surface area contributed by atoms with Crippen molar-refractivity contribution in [3.8, 4) is 16.9 Å². The third kappa shape index (κ3) is 4.77. The molecule has 3 rings (SSSR count). The maximum atomic E-state index is 14.6. The zero-order valence-electron chi connectivity index (χ0n) is 16.1. The highest BCUT2D eigenvalue weighted by Gasteiger charge is 2.35. The lowest BCUT2D eigenvalue weighted by Gasteiger charge is -2.15. The molecule has 0 aromatic heterocycles. The highest BCUT2D eigenvalue weighted by atomic mass is 19.4. The quantitative estimate of drug-likeness (QED) is 0.440. The fraction of sp³-hybridized carbons (Fsp3) is 0.200. The molecular weight excluding hydrogens is 467 g/mol. The normalized spacial score (nSPS) is 16.2. The van der Waals surface area contributed by atoms with Gasteiger partial charge >= 0.3 is 12.3 Å². The Morgan fingerprint density at radius 1 is 1.03 bits per heavy atom. The first kappa shape index (κ1) is 24.0. The SMILES string of the molecule is O=C(O)C1=C(C(=O)Nc2c(F)c(F)c(-c3cccc(OC(F)(F)F)c3)c(F)c2F)C(O)CC1. The summed E-state index contributed by atoms with van der Waals surface area (Å²) in [6, 6.07) is 3.03. The van der Waals surface area contributed by atoms with E-state index in [0.29, 0.717) is 6.07 Å². The molecule has 0 spiro atoms. The zero-order chi connectivity index (χ0) is 24.7. The third-order valence-electron chi connectivity index (χ3n) is 4.69. The summed E-state index contributed by atoms with van der Waals surface area (Å²) in [4.78, 5) is 23.5. The predicted octanol–water partition coefficient (Wildman–Crippen LogP) is 4.28. The molecule has 176 valence electrons. The van der Waals surface area contributed by atoms with Crippen LogP contribution >= 0.6 is 0 Å². The Balaban J connectivity index is 2.04. The van der Waals surface area contributed by atoms with Gasteiger partial charge in [-0.2, -0.15) is 0 Å². The Morgan fingerprint density at radius 3 is 2.18 bits per heavy atom. The number of carboxylic acid groups (broad SMARTS) is 1. The van der Waals surface area contributed by atoms with Crippen LogP contribution in [0.5, 0.6) is 5.75 Å². The van der Waals surface area contributed by atoms with E-state index < -0.39 is 81.3 Å². The molecule has 0 saturated carbocycles. The molecule has 33 heavy (non-hydrogen) atoms. The molecule has 0 heterocycles. The predicted molar refractivity (Wildman–Crippen MR) is 96.9 cm³/mol. The number of amides is 1. The van der Waals surface area contributed by atoms with E-state index in [9.17, 15) is 45.4 Å². The molecule has 6 nitrogen and oxygen atoms in total. The molecule has 1 aliphatic carbocycles. The van der Waals surface area contributed by atoms with Crippen molar-refractivity contribution in [2.45, 2.75) is 25.3 Å². The van der Waals surface area contributed by atoms with Crippen molar-refractivity contribution in [1.82, 2.24) is 0 Å². The summed E-state index contributed by atoms with van der Waals surface area (Å²) in [6.45, 7) is 0. The van der Waals surface area contributed by atoms with Crippen LogP contribution in [0.1, 0.15) is 12.8 Å². The number of hydrogen-bond donors (Lipinski definition) is 3. The molecule has 0 radical (unpaired) electrons. The van der Waals surface area contributed by atoms with Gasteiger partial charge in [0.05, 0.1) is 17.2 Å². The fourth-order valence-electron chi connectivity index (χ4n) is 3.30. The molecule has 0 fully saturated rings. The lowest BCUT2D eigenvalue weighted by atomic mass is 10.0. The lowest BCUT2D eigenvalue weighted by molar-refractivity contribution is -0.274. The minimum absolute atomic E-state index is 0.173. The fourth-order valence-corrected chi connectivity index (χ4v) is 3.30. The number of anilines is 1. The van der Waals surface area contributed by atoms with Gasteiger partial charge in [-0.25, -0.2) is 22.4 Å². The molecule has 13 heteroatoms. The molecule has 2 aromatic rings. The van der Waals surface area contributed by atoms with E-state index in [-0.39, 0.29) is 12.8 Å². The van der Waals surface area contributed by atoms with Crippen LogP contribution in [-0.4, -0.2) is 34.6 Å². The highest BCUT2D eigenvalue weighted by molar-refractivity contribution is 6.10. The van der Waals surface area contributed by atoms with E-state index in [1.165, 1.54) is 5.32 Å². The highest BCUT2D eigenvalue weighted by Crippen LogP contribution is 2.37. The van der Waals surface area contributed by atoms with Gasteiger partial charge in [0, 0.05) is 5.57 Å². The number of rotatable bonds is 5. The van der Waals surface area contributed by atoms with Crippen molar-refractivity contribution in [3.63, 3.8) is 0 Å². The van der Waals surface area contributed by atoms with Crippen LogP contribution in [0.2, 0.25) is 0 Å². The number of ether oxygens (including phenoxy) is 1. The minimum Gasteiger partial charge on any atom is -0.478 e. The van der Waals surface area contributed by atoms with E-state index in [1.54, 1.807) is 0 Å². The summed E-state index contributed by atoms with van der Waals surface area (Å²) < 4.78 is 99.1. The largest absolute Gasteiger partial charge is 0.573 e. The number of hydrogen-bond acceptors (Lipinski definition) is 4. The van der Waals surface area contributed by atoms with Crippen LogP contribution in [0.25, 0.3) is 11.1 Å². The smallest absolute Gasteiger partial charge is 0.478 e. The number of carboxylic acids is 1. The number of aliphatic carboxylic acids is 1. The van der Waals surface area contributed by atoms with Crippen molar-refractivity contribution in [2.75, 3.05) is 5.32 Å². The van der Waals surface area contributed by atoms with E-state index in [0.717, 1.165) is 18.2 Å². The Bertz CT molecular complexity index is 1150. The van der Waals surface area contributed by atoms with Crippen LogP contribution in [0, 0.1) is 23.3 Å². The molecule has 1 atom stereocenters. The molecule has 1 aliphatic rings. The van der Waals surface area contributed by atoms with Crippen molar-refractivity contribution in [3.05, 3.63) is 58.7 Å². The van der Waals surface area contributed by atoms with Crippen LogP contribution in [0.3, 0.4) is 0 Å². The third-order valence-corrected chi connectivity index (χ3v) is 4.69. The Morgan fingerprint density at radius 2 is 1.64 bits per heavy atom. The van der Waals surface area contributed by atoms with Crippen LogP contribution in [0.4, 0.5) is 36.4 Å². The van der Waals surface area contributed by atoms with Crippen LogP contribution in [0.15, 0.2) is 35.4 Å². The molecule has 1 unspecified atom stereocenters. The molecule has 2 aromatic carbocycles. The van der Waals surface area contributed by atoms with Gasteiger partial charge < -0.3 is 20.3 Å². The second-order valence-electron chi connectivity index (χ2n) is 6.79. The Hall–Kier alpha value is -3.61. The number of carbonyl (C=O) groups is 2. The van der Waals surface area contributed by atoms with E-state index in [1.807, 2.05) is 0 Å². The topological polar surface area (TPSA) is 95.9 Å². The maximum absolute atomic E-state index is 14.6. The first-order valence-electron chi connectivity index (χ1n) is 8.99. The van der Waals surface area contributed by atoms with Crippen LogP contribution < -0.4 is 10.1 Å². The molecule has 0 saturated heterocycles. The Labute approximate surface area is 179 Å². The van der Waals surface area contributed by atoms with Crippen molar-refractivity contribution in [1.29, 1.82) is 0 Å². The summed E-state index contributed by atoms with van der Waals surface area (Å²) in [7, 11) is 0. The molecule has 1 amide bonds. The second-order valence-corrected chi connectivity index (χ2v) is 6.79. The summed E-state index contributed by atoms with van der Waals surface area (Å²) in [5.41, 5.74) is -4.97. The second kappa shape index (κ2) is 8.73. The number of carbonyl (C=O) groups excluding carboxylic acids is 1. The number of halogens is 7. The monoisotopic (exact) mass is 479 g/mol. The standard InChI is InChI=1S/C20H12F7NO5/c21-13-11(7-2-1-3-8(6-7)33-20(25,26)27)14(22)16(24)17(15(13)23)28-18(30)12-9(19(31)32)4-5-10(12)29/h1-3,6,10,29H,4-5H2,(H,28,30)(H,31,32). The summed E-state index contributed by atoms with van der Waals surface area (Å²) in [6.07, 6.45) is -7.14. The van der Waals surface area contributed by atoms with Gasteiger partial charge in [0.2, 0.25) is 0 Å². The molecular formula is C20H12F7NO5. The maximum Gasteiger partial charge on any atom is 0.573 e. The van der Waals surface area contributed by atoms with Gasteiger partial charge in [0.25, 0.3) is 5.91 Å². The number of nitrogens with one attached hydrogen (secondary N) is 1. The number of benzene rings is 2. The summed E-state index contributed by atoms with van der Waals surface area (Å²) in [5, 5.41) is 20.4. The van der Waals surface area contributed by atoms with E-state index in [4.69, 9.17) is 5.11 Å². The first-order chi connectivity index (χ1) is 15.3. The van der Waals surface area contributed by atoms with Crippen molar-refractivity contribution < 1.29 is 55.3 Å². The average Bonchev–Trinajstić information content (AvgIpc) is 3.11. The van der Waals surface area contributed by atoms with Gasteiger partial charge in [-0.15, -0.1) is 13.2 Å². The Kier molecular flexibility index (Phi) is 6.36. The summed E-state index contributed by atoms with van der Waals surface area (Å²) >= 11 is 0. The van der Waals surface area contributed by atoms with Gasteiger partial charge in [0.15, 0.2) is 23.3 Å². The number of alkyl halides is 3. The van der Waals surface area contributed by atoms with Crippen LogP contribution in [-0.2, 0) is 9.59 Å². The zero-order valence-corrected chi connectivity index (χ0v) is 16.1. The van der Waals surface area contributed by atoms with E-state index >= 15 is 0 Å². The number of aliphatic hydroxyl groups excluding tert-OH is 1. The van der Waals surface area contributed by atoms with Gasteiger partial charge in [-0.05, 0) is 30.5 Å². The van der Waals surface area contributed by atoms with E-state index in [2.05, 4.69) is 4.74 Å². The number of aliphatic hydroxyl groups is 1. The minimum atomic E-state index is -5.14. The van der Waals surface area contributed by atoms with Gasteiger partial charge in [-0.3, -0.25) is 4.79 Å². The van der Waals surface area contributed by atoms with Gasteiger partial charge in [0.1, 0.15) is 11.4 Å². The average molecular weight is 479 g/mol.